The number of hydrogen-bond acceptors (Lipinski definition) is 4. The summed E-state index contributed by atoms with van der Waals surface area (Å²) in [5.74, 6) is -2.01. The Morgan fingerprint density at radius 3 is 2.58 bits per heavy atom. The standard InChI is InChI=1S/C16H13FN2O4S/c1-2-10-3-4-11(16(20)21)8-15(10)24(22,23)19-13-5-6-14(17)12(7-13)9-18/h3-8,19H,2H2,1H3,(H,20,21). The number of carboxylic acids is 1. The van der Waals surface area contributed by atoms with E-state index in [0.717, 1.165) is 18.2 Å². The first-order valence-corrected chi connectivity index (χ1v) is 8.35. The van der Waals surface area contributed by atoms with Crippen molar-refractivity contribution in [3.8, 4) is 6.07 Å². The summed E-state index contributed by atoms with van der Waals surface area (Å²) in [5, 5.41) is 17.8. The average molecular weight is 348 g/mol. The molecule has 2 aromatic rings. The van der Waals surface area contributed by atoms with E-state index in [0.29, 0.717) is 12.0 Å². The minimum absolute atomic E-state index is 0.00994. The molecule has 0 aliphatic carbocycles. The number of nitrogens with one attached hydrogen (secondary N) is 1. The number of sulfonamides is 1. The van der Waals surface area contributed by atoms with E-state index in [1.54, 1.807) is 13.0 Å². The zero-order chi connectivity index (χ0) is 17.9. The van der Waals surface area contributed by atoms with Crippen LogP contribution in [0.15, 0.2) is 41.3 Å². The number of nitrogens with zero attached hydrogens (tertiary/aromatic N) is 1. The molecule has 0 saturated heterocycles. The average Bonchev–Trinajstić information content (AvgIpc) is 2.55. The van der Waals surface area contributed by atoms with Crippen LogP contribution in [0.1, 0.15) is 28.4 Å². The van der Waals surface area contributed by atoms with Crippen LogP contribution in [0.2, 0.25) is 0 Å². The van der Waals surface area contributed by atoms with Crippen LogP contribution in [-0.2, 0) is 16.4 Å². The maximum Gasteiger partial charge on any atom is 0.335 e. The van der Waals surface area contributed by atoms with Crippen LogP contribution in [0.4, 0.5) is 10.1 Å². The Balaban J connectivity index is 2.49. The highest BCUT2D eigenvalue weighted by molar-refractivity contribution is 7.92. The Morgan fingerprint density at radius 2 is 2.00 bits per heavy atom. The fourth-order valence-corrected chi connectivity index (χ4v) is 3.50. The summed E-state index contributed by atoms with van der Waals surface area (Å²) in [7, 11) is -4.10. The first-order chi connectivity index (χ1) is 11.3. The van der Waals surface area contributed by atoms with Gasteiger partial charge in [-0.2, -0.15) is 5.26 Å². The number of hydrogen-bond donors (Lipinski definition) is 2. The fraction of sp³-hybridized carbons (Fsp3) is 0.125. The summed E-state index contributed by atoms with van der Waals surface area (Å²) in [4.78, 5) is 10.9. The number of carbonyl (C=O) groups is 1. The predicted octanol–water partition coefficient (Wildman–Crippen LogP) is 2.76. The van der Waals surface area contributed by atoms with Crippen LogP contribution in [0.5, 0.6) is 0 Å². The Bertz CT molecular complexity index is 949. The molecule has 0 spiro atoms. The monoisotopic (exact) mass is 348 g/mol. The third kappa shape index (κ3) is 3.52. The molecule has 0 aromatic heterocycles. The zero-order valence-corrected chi connectivity index (χ0v) is 13.4. The second-order valence-electron chi connectivity index (χ2n) is 4.89. The molecular formula is C16H13FN2O4S. The molecule has 0 radical (unpaired) electrons. The molecule has 8 heteroatoms. The van der Waals surface area contributed by atoms with Gasteiger partial charge in [0.15, 0.2) is 0 Å². The molecule has 124 valence electrons. The van der Waals surface area contributed by atoms with Gasteiger partial charge in [-0.05, 0) is 42.3 Å². The van der Waals surface area contributed by atoms with Gasteiger partial charge >= 0.3 is 5.97 Å². The first-order valence-electron chi connectivity index (χ1n) is 6.87. The summed E-state index contributed by atoms with van der Waals surface area (Å²) < 4.78 is 40.7. The minimum atomic E-state index is -4.10. The van der Waals surface area contributed by atoms with Crippen LogP contribution in [0, 0.1) is 17.1 Å². The summed E-state index contributed by atoms with van der Waals surface area (Å²) in [6.07, 6.45) is 0.378. The van der Waals surface area contributed by atoms with E-state index in [-0.39, 0.29) is 21.7 Å². The number of anilines is 1. The quantitative estimate of drug-likeness (QED) is 0.864. The molecular weight excluding hydrogens is 335 g/mol. The van der Waals surface area contributed by atoms with Crippen molar-refractivity contribution in [2.45, 2.75) is 18.2 Å². The van der Waals surface area contributed by atoms with Crippen molar-refractivity contribution < 1.29 is 22.7 Å². The van der Waals surface area contributed by atoms with Gasteiger partial charge in [0.1, 0.15) is 11.9 Å². The molecule has 24 heavy (non-hydrogen) atoms. The Hall–Kier alpha value is -2.92. The molecule has 2 N–H and O–H groups in total. The molecule has 0 aliphatic heterocycles. The van der Waals surface area contributed by atoms with E-state index in [1.165, 1.54) is 18.2 Å². The van der Waals surface area contributed by atoms with E-state index in [1.807, 2.05) is 0 Å². The number of aryl methyl sites for hydroxylation is 1. The molecule has 2 rings (SSSR count). The highest BCUT2D eigenvalue weighted by Crippen LogP contribution is 2.23. The van der Waals surface area contributed by atoms with Crippen LogP contribution in [-0.4, -0.2) is 19.5 Å². The van der Waals surface area contributed by atoms with Gasteiger partial charge in [0.05, 0.1) is 21.7 Å². The molecule has 0 fully saturated rings. The third-order valence-electron chi connectivity index (χ3n) is 3.32. The second-order valence-corrected chi connectivity index (χ2v) is 6.54. The highest BCUT2D eigenvalue weighted by atomic mass is 32.2. The summed E-state index contributed by atoms with van der Waals surface area (Å²) in [5.41, 5.74) is -0.0135. The van der Waals surface area contributed by atoms with E-state index >= 15 is 0 Å². The van der Waals surface area contributed by atoms with E-state index in [2.05, 4.69) is 4.72 Å². The maximum atomic E-state index is 13.3. The van der Waals surface area contributed by atoms with Gasteiger partial charge in [-0.15, -0.1) is 0 Å². The van der Waals surface area contributed by atoms with Crippen LogP contribution >= 0.6 is 0 Å². The lowest BCUT2D eigenvalue weighted by atomic mass is 10.1. The van der Waals surface area contributed by atoms with E-state index < -0.39 is 21.8 Å². The van der Waals surface area contributed by atoms with Crippen LogP contribution < -0.4 is 4.72 Å². The summed E-state index contributed by atoms with van der Waals surface area (Å²) in [6.45, 7) is 1.74. The summed E-state index contributed by atoms with van der Waals surface area (Å²) >= 11 is 0. The fourth-order valence-electron chi connectivity index (χ4n) is 2.11. The Kier molecular flexibility index (Phi) is 4.85. The van der Waals surface area contributed by atoms with Gasteiger partial charge in [0.25, 0.3) is 10.0 Å². The van der Waals surface area contributed by atoms with Crippen molar-refractivity contribution in [1.29, 1.82) is 5.26 Å². The first kappa shape index (κ1) is 17.4. The number of carboxylic acid groups (broad SMARTS) is 1. The Morgan fingerprint density at radius 1 is 1.29 bits per heavy atom. The van der Waals surface area contributed by atoms with Crippen LogP contribution in [0.3, 0.4) is 0 Å². The number of nitriles is 1. The number of rotatable bonds is 5. The van der Waals surface area contributed by atoms with Crippen molar-refractivity contribution >= 4 is 21.7 Å². The third-order valence-corrected chi connectivity index (χ3v) is 4.79. The minimum Gasteiger partial charge on any atom is -0.478 e. The molecule has 0 aliphatic rings. The number of aromatic carboxylic acids is 1. The van der Waals surface area contributed by atoms with E-state index in [9.17, 15) is 17.6 Å². The van der Waals surface area contributed by atoms with Crippen LogP contribution in [0.25, 0.3) is 0 Å². The normalized spacial score (nSPS) is 10.9. The zero-order valence-electron chi connectivity index (χ0n) is 12.6. The highest BCUT2D eigenvalue weighted by Gasteiger charge is 2.20. The SMILES string of the molecule is CCc1ccc(C(=O)O)cc1S(=O)(=O)Nc1ccc(F)c(C#N)c1. The van der Waals surface area contributed by atoms with Crippen molar-refractivity contribution in [3.63, 3.8) is 0 Å². The van der Waals surface area contributed by atoms with Gasteiger partial charge in [0.2, 0.25) is 0 Å². The maximum absolute atomic E-state index is 13.3. The molecule has 6 nitrogen and oxygen atoms in total. The molecule has 0 amide bonds. The van der Waals surface area contributed by atoms with Gasteiger partial charge in [-0.25, -0.2) is 17.6 Å². The molecule has 0 unspecified atom stereocenters. The lowest BCUT2D eigenvalue weighted by Gasteiger charge is -2.12. The molecule has 0 atom stereocenters. The van der Waals surface area contributed by atoms with Crippen molar-refractivity contribution in [2.24, 2.45) is 0 Å². The van der Waals surface area contributed by atoms with E-state index in [4.69, 9.17) is 10.4 Å². The second kappa shape index (κ2) is 6.68. The van der Waals surface area contributed by atoms with Gasteiger partial charge < -0.3 is 5.11 Å². The smallest absolute Gasteiger partial charge is 0.335 e. The summed E-state index contributed by atoms with van der Waals surface area (Å²) in [6, 6.07) is 8.67. The van der Waals surface area contributed by atoms with Gasteiger partial charge in [0, 0.05) is 0 Å². The predicted molar refractivity (Wildman–Crippen MR) is 84.7 cm³/mol. The van der Waals surface area contributed by atoms with Crippen molar-refractivity contribution in [3.05, 3.63) is 58.9 Å². The number of halogens is 1. The largest absolute Gasteiger partial charge is 0.478 e. The lowest BCUT2D eigenvalue weighted by Crippen LogP contribution is -2.16. The lowest BCUT2D eigenvalue weighted by molar-refractivity contribution is 0.0696. The van der Waals surface area contributed by atoms with Crippen molar-refractivity contribution in [1.82, 2.24) is 0 Å². The van der Waals surface area contributed by atoms with Gasteiger partial charge in [-0.3, -0.25) is 4.72 Å². The molecule has 2 aromatic carbocycles. The molecule has 0 bridgehead atoms. The molecule has 0 heterocycles. The molecule has 0 saturated carbocycles. The number of benzene rings is 2. The van der Waals surface area contributed by atoms with Crippen molar-refractivity contribution in [2.75, 3.05) is 4.72 Å². The Labute approximate surface area is 138 Å². The van der Waals surface area contributed by atoms with Gasteiger partial charge in [-0.1, -0.05) is 13.0 Å². The topological polar surface area (TPSA) is 107 Å².